The van der Waals surface area contributed by atoms with Crippen molar-refractivity contribution in [2.45, 2.75) is 59.4 Å². The number of hydrogen-bond acceptors (Lipinski definition) is 5. The third-order valence-corrected chi connectivity index (χ3v) is 8.32. The lowest BCUT2D eigenvalue weighted by atomic mass is 9.98. The molecule has 0 radical (unpaired) electrons. The molecule has 3 aromatic heterocycles. The Kier molecular flexibility index (Phi) is 5.77. The molecule has 2 N–H and O–H groups in total. The highest BCUT2D eigenvalue weighted by atomic mass is 16.2. The zero-order valence-electron chi connectivity index (χ0n) is 22.1. The Morgan fingerprint density at radius 2 is 1.89 bits per heavy atom. The van der Waals surface area contributed by atoms with Crippen LogP contribution in [0.5, 0.6) is 0 Å². The van der Waals surface area contributed by atoms with Gasteiger partial charge in [-0.25, -0.2) is 9.50 Å². The predicted molar refractivity (Wildman–Crippen MR) is 147 cm³/mol. The van der Waals surface area contributed by atoms with Crippen LogP contribution in [-0.4, -0.2) is 56.2 Å². The van der Waals surface area contributed by atoms with Gasteiger partial charge in [0, 0.05) is 60.5 Å². The lowest BCUT2D eigenvalue weighted by molar-refractivity contribution is 0.0600. The average molecular weight is 498 g/mol. The van der Waals surface area contributed by atoms with Gasteiger partial charge in [-0.1, -0.05) is 12.1 Å². The number of aryl methyl sites for hydroxylation is 4. The number of carbonyl (C=O) groups excluding carboxylic acids is 1. The van der Waals surface area contributed by atoms with E-state index in [4.69, 9.17) is 15.5 Å². The summed E-state index contributed by atoms with van der Waals surface area (Å²) in [4.78, 5) is 26.7. The van der Waals surface area contributed by atoms with Gasteiger partial charge < -0.3 is 20.2 Å². The molecule has 2 atom stereocenters. The van der Waals surface area contributed by atoms with Gasteiger partial charge in [0.25, 0.3) is 5.91 Å². The maximum absolute atomic E-state index is 14.0. The van der Waals surface area contributed by atoms with E-state index in [1.165, 1.54) is 5.56 Å². The molecular formula is C29H35N7O. The number of nitrogens with zero attached hydrogens (tertiary/aromatic N) is 5. The van der Waals surface area contributed by atoms with Crippen molar-refractivity contribution >= 4 is 34.5 Å². The average Bonchev–Trinajstić information content (AvgIpc) is 3.62. The maximum Gasteiger partial charge on any atom is 0.271 e. The number of fused-ring (bicyclic) bond motifs is 2. The van der Waals surface area contributed by atoms with Gasteiger partial charge in [0.05, 0.1) is 11.7 Å². The van der Waals surface area contributed by atoms with Crippen LogP contribution in [0.1, 0.15) is 70.2 Å². The summed E-state index contributed by atoms with van der Waals surface area (Å²) in [6.45, 7) is 10.8. The zero-order valence-corrected chi connectivity index (χ0v) is 22.1. The second-order valence-corrected chi connectivity index (χ2v) is 10.9. The summed E-state index contributed by atoms with van der Waals surface area (Å²) in [6.07, 6.45) is 7.55. The van der Waals surface area contributed by atoms with Crippen molar-refractivity contribution in [2.75, 3.05) is 24.5 Å². The Labute approximate surface area is 217 Å². The Morgan fingerprint density at radius 3 is 2.65 bits per heavy atom. The van der Waals surface area contributed by atoms with Crippen molar-refractivity contribution in [3.8, 4) is 0 Å². The fraction of sp³-hybridized carbons (Fsp3) is 0.448. The van der Waals surface area contributed by atoms with E-state index in [1.54, 1.807) is 6.21 Å². The third-order valence-electron chi connectivity index (χ3n) is 8.32. The van der Waals surface area contributed by atoms with E-state index in [1.807, 2.05) is 15.6 Å². The molecule has 1 aromatic carbocycles. The van der Waals surface area contributed by atoms with Gasteiger partial charge in [-0.05, 0) is 70.1 Å². The summed E-state index contributed by atoms with van der Waals surface area (Å²) < 4.78 is 1.86. The van der Waals surface area contributed by atoms with E-state index in [2.05, 4.69) is 55.8 Å². The summed E-state index contributed by atoms with van der Waals surface area (Å²) >= 11 is 0. The molecule has 0 saturated carbocycles. The van der Waals surface area contributed by atoms with Crippen molar-refractivity contribution in [1.29, 1.82) is 5.41 Å². The molecule has 2 saturated heterocycles. The van der Waals surface area contributed by atoms with Crippen LogP contribution < -0.4 is 4.90 Å². The van der Waals surface area contributed by atoms with Gasteiger partial charge in [0.15, 0.2) is 5.65 Å². The second-order valence-electron chi connectivity index (χ2n) is 10.9. The van der Waals surface area contributed by atoms with Crippen molar-refractivity contribution in [3.63, 3.8) is 0 Å². The fourth-order valence-corrected chi connectivity index (χ4v) is 6.26. The van der Waals surface area contributed by atoms with Crippen LogP contribution in [0.15, 0.2) is 24.4 Å². The van der Waals surface area contributed by atoms with Crippen LogP contribution in [0.2, 0.25) is 0 Å². The van der Waals surface area contributed by atoms with E-state index in [9.17, 15) is 4.79 Å². The van der Waals surface area contributed by atoms with Gasteiger partial charge in [0.1, 0.15) is 11.5 Å². The first kappa shape index (κ1) is 23.7. The second kappa shape index (κ2) is 9.01. The van der Waals surface area contributed by atoms with Crippen molar-refractivity contribution in [2.24, 2.45) is 5.92 Å². The predicted octanol–water partition coefficient (Wildman–Crippen LogP) is 5.29. The maximum atomic E-state index is 14.0. The monoisotopic (exact) mass is 497 g/mol. The Morgan fingerprint density at radius 1 is 1.08 bits per heavy atom. The minimum Gasteiger partial charge on any atom is -0.356 e. The van der Waals surface area contributed by atoms with Crippen molar-refractivity contribution < 1.29 is 4.79 Å². The molecule has 8 heteroatoms. The van der Waals surface area contributed by atoms with Crippen molar-refractivity contribution in [3.05, 3.63) is 58.0 Å². The van der Waals surface area contributed by atoms with Crippen LogP contribution in [0.4, 0.5) is 5.82 Å². The van der Waals surface area contributed by atoms with Crippen LogP contribution in [0, 0.1) is 39.0 Å². The van der Waals surface area contributed by atoms with E-state index in [0.29, 0.717) is 11.6 Å². The van der Waals surface area contributed by atoms with E-state index >= 15 is 0 Å². The van der Waals surface area contributed by atoms with E-state index in [-0.39, 0.29) is 11.9 Å². The quantitative estimate of drug-likeness (QED) is 0.375. The minimum absolute atomic E-state index is 0.0498. The molecule has 0 aliphatic carbocycles. The number of piperidine rings is 1. The standard InChI is InChI=1S/C29H35N7O/c1-17-8-9-18(2)26-25(17)20(4)27(32-26)29(37)35-11-6-5-7-23(35)22-13-24-31-28(19(3)15-36(24)33-22)34-12-10-21(14-30)16-34/h8-9,13-15,21,23,30,32H,5-7,10-12,16H2,1-4H3/t21-,23+/m1/s1. The highest BCUT2D eigenvalue weighted by Gasteiger charge is 2.33. The van der Waals surface area contributed by atoms with E-state index < -0.39 is 0 Å². The Bertz CT molecular complexity index is 1530. The highest BCUT2D eigenvalue weighted by molar-refractivity contribution is 6.02. The largest absolute Gasteiger partial charge is 0.356 e. The molecule has 4 aromatic rings. The molecular weight excluding hydrogens is 462 g/mol. The number of carbonyl (C=O) groups is 1. The number of rotatable bonds is 4. The molecule has 2 fully saturated rings. The first-order valence-electron chi connectivity index (χ1n) is 13.4. The summed E-state index contributed by atoms with van der Waals surface area (Å²) in [6, 6.07) is 6.22. The van der Waals surface area contributed by atoms with Gasteiger partial charge in [-0.15, -0.1) is 0 Å². The molecule has 0 spiro atoms. The minimum atomic E-state index is -0.0752. The number of H-pyrrole nitrogens is 1. The molecule has 6 rings (SSSR count). The molecule has 37 heavy (non-hydrogen) atoms. The number of benzene rings is 1. The molecule has 192 valence electrons. The van der Waals surface area contributed by atoms with Gasteiger partial charge in [0.2, 0.25) is 0 Å². The first-order chi connectivity index (χ1) is 17.9. The molecule has 1 amide bonds. The molecule has 2 aliphatic rings. The molecule has 0 unspecified atom stereocenters. The summed E-state index contributed by atoms with van der Waals surface area (Å²) in [5, 5.41) is 13.7. The molecule has 8 nitrogen and oxygen atoms in total. The number of likely N-dealkylation sites (tertiary alicyclic amines) is 1. The number of aromatic nitrogens is 4. The lowest BCUT2D eigenvalue weighted by Crippen LogP contribution is -2.39. The topological polar surface area (TPSA) is 93.4 Å². The molecule has 2 aliphatic heterocycles. The Balaban J connectivity index is 1.35. The summed E-state index contributed by atoms with van der Waals surface area (Å²) in [5.41, 5.74) is 7.89. The lowest BCUT2D eigenvalue weighted by Gasteiger charge is -2.34. The Hall–Kier alpha value is -3.68. The van der Waals surface area contributed by atoms with Gasteiger partial charge in [-0.3, -0.25) is 4.79 Å². The number of aromatic amines is 1. The van der Waals surface area contributed by atoms with Crippen LogP contribution in [-0.2, 0) is 0 Å². The molecule has 0 bridgehead atoms. The number of hydrogen-bond donors (Lipinski definition) is 2. The van der Waals surface area contributed by atoms with Gasteiger partial charge in [-0.2, -0.15) is 5.10 Å². The number of nitrogens with one attached hydrogen (secondary N) is 2. The highest BCUT2D eigenvalue weighted by Crippen LogP contribution is 2.35. The number of amides is 1. The van der Waals surface area contributed by atoms with Crippen LogP contribution in [0.25, 0.3) is 16.6 Å². The van der Waals surface area contributed by atoms with E-state index in [0.717, 1.165) is 90.1 Å². The first-order valence-corrected chi connectivity index (χ1v) is 13.4. The summed E-state index contributed by atoms with van der Waals surface area (Å²) in [7, 11) is 0. The third kappa shape index (κ3) is 3.90. The fourth-order valence-electron chi connectivity index (χ4n) is 6.26. The van der Waals surface area contributed by atoms with Crippen LogP contribution in [0.3, 0.4) is 0 Å². The normalized spacial score (nSPS) is 20.3. The smallest absolute Gasteiger partial charge is 0.271 e. The van der Waals surface area contributed by atoms with Gasteiger partial charge >= 0.3 is 0 Å². The van der Waals surface area contributed by atoms with Crippen LogP contribution >= 0.6 is 0 Å². The summed E-state index contributed by atoms with van der Waals surface area (Å²) in [5.74, 6) is 1.31. The van der Waals surface area contributed by atoms with Crippen molar-refractivity contribution in [1.82, 2.24) is 24.5 Å². The zero-order chi connectivity index (χ0) is 25.8. The molecule has 5 heterocycles. The SMILES string of the molecule is Cc1cn2nc([C@@H]3CCCCN3C(=O)c3[nH]c4c(C)ccc(C)c4c3C)cc2nc1N1CC[C@H](C=N)C1. The number of anilines is 1.